The van der Waals surface area contributed by atoms with E-state index in [1.165, 1.54) is 24.6 Å². The summed E-state index contributed by atoms with van der Waals surface area (Å²) in [5, 5.41) is 3.98. The van der Waals surface area contributed by atoms with Crippen LogP contribution in [-0.4, -0.2) is 58.3 Å². The van der Waals surface area contributed by atoms with Gasteiger partial charge in [0.1, 0.15) is 22.2 Å². The summed E-state index contributed by atoms with van der Waals surface area (Å²) in [4.78, 5) is 2.12. The van der Waals surface area contributed by atoms with Crippen LogP contribution in [0.15, 0.2) is 33.7 Å². The monoisotopic (exact) mass is 367 g/mol. The lowest BCUT2D eigenvalue weighted by Crippen LogP contribution is -2.48. The Balaban J connectivity index is 1.80. The largest absolute Gasteiger partial charge is 0.497 e. The molecule has 8 nitrogen and oxygen atoms in total. The van der Waals surface area contributed by atoms with Gasteiger partial charge in [-0.05, 0) is 19.1 Å². The highest BCUT2D eigenvalue weighted by atomic mass is 32.2. The Kier molecular flexibility index (Phi) is 4.87. The molecule has 0 N–H and O–H groups in total. The highest BCUT2D eigenvalue weighted by molar-refractivity contribution is 7.89. The molecule has 0 spiro atoms. The Labute approximate surface area is 147 Å². The second-order valence-corrected chi connectivity index (χ2v) is 7.61. The van der Waals surface area contributed by atoms with E-state index in [1.54, 1.807) is 12.1 Å². The number of piperazine rings is 1. The maximum Gasteiger partial charge on any atom is 0.247 e. The van der Waals surface area contributed by atoms with Crippen LogP contribution in [0.3, 0.4) is 0 Å². The smallest absolute Gasteiger partial charge is 0.247 e. The van der Waals surface area contributed by atoms with Gasteiger partial charge in [-0.1, -0.05) is 5.16 Å². The summed E-state index contributed by atoms with van der Waals surface area (Å²) in [6.45, 7) is 3.62. The van der Waals surface area contributed by atoms with Gasteiger partial charge in [0.15, 0.2) is 5.82 Å². The van der Waals surface area contributed by atoms with Crippen molar-refractivity contribution >= 4 is 15.8 Å². The first-order valence-corrected chi connectivity index (χ1v) is 9.30. The van der Waals surface area contributed by atoms with Crippen LogP contribution in [0.2, 0.25) is 0 Å². The molecule has 0 bridgehead atoms. The SMILES string of the molecule is COc1ccc(OC)c(S(=O)(=O)N2CCN(c3cc(C)on3)CC2)c1. The highest BCUT2D eigenvalue weighted by Gasteiger charge is 2.32. The molecule has 0 atom stereocenters. The molecule has 0 amide bonds. The Morgan fingerprint density at radius 1 is 1.08 bits per heavy atom. The zero-order valence-corrected chi connectivity index (χ0v) is 15.2. The van der Waals surface area contributed by atoms with Crippen LogP contribution in [-0.2, 0) is 10.0 Å². The average Bonchev–Trinajstić information content (AvgIpc) is 3.07. The molecule has 1 fully saturated rings. The van der Waals surface area contributed by atoms with E-state index in [9.17, 15) is 8.42 Å². The molecule has 9 heteroatoms. The van der Waals surface area contributed by atoms with Gasteiger partial charge in [-0.3, -0.25) is 0 Å². The summed E-state index contributed by atoms with van der Waals surface area (Å²) < 4.78 is 42.9. The molecule has 3 rings (SSSR count). The van der Waals surface area contributed by atoms with Gasteiger partial charge in [-0.25, -0.2) is 8.42 Å². The highest BCUT2D eigenvalue weighted by Crippen LogP contribution is 2.31. The number of hydrogen-bond donors (Lipinski definition) is 0. The van der Waals surface area contributed by atoms with Gasteiger partial charge in [0.05, 0.1) is 14.2 Å². The number of benzene rings is 1. The number of rotatable bonds is 5. The van der Waals surface area contributed by atoms with E-state index in [2.05, 4.69) is 5.16 Å². The van der Waals surface area contributed by atoms with Crippen molar-refractivity contribution in [3.63, 3.8) is 0 Å². The van der Waals surface area contributed by atoms with E-state index in [0.717, 1.165) is 11.6 Å². The standard InChI is InChI=1S/C16H21N3O5S/c1-12-10-16(17-24-12)18-6-8-19(9-7-18)25(20,21)15-11-13(22-2)4-5-14(15)23-3/h4-5,10-11H,6-9H2,1-3H3. The fourth-order valence-electron chi connectivity index (χ4n) is 2.78. The molecule has 136 valence electrons. The Morgan fingerprint density at radius 3 is 2.36 bits per heavy atom. The van der Waals surface area contributed by atoms with E-state index in [4.69, 9.17) is 14.0 Å². The van der Waals surface area contributed by atoms with Gasteiger partial charge in [-0.2, -0.15) is 4.31 Å². The van der Waals surface area contributed by atoms with Crippen LogP contribution in [0, 0.1) is 6.92 Å². The Hall–Kier alpha value is -2.26. The van der Waals surface area contributed by atoms with Crippen LogP contribution in [0.25, 0.3) is 0 Å². The molecule has 1 aliphatic rings. The number of hydrogen-bond acceptors (Lipinski definition) is 7. The molecule has 0 saturated carbocycles. The van der Waals surface area contributed by atoms with Crippen LogP contribution in [0.4, 0.5) is 5.82 Å². The van der Waals surface area contributed by atoms with E-state index in [1.807, 2.05) is 17.9 Å². The second-order valence-electron chi connectivity index (χ2n) is 5.70. The minimum atomic E-state index is -3.68. The zero-order chi connectivity index (χ0) is 18.0. The summed E-state index contributed by atoms with van der Waals surface area (Å²) in [6.07, 6.45) is 0. The molecule has 1 aromatic carbocycles. The molecular formula is C16H21N3O5S. The van der Waals surface area contributed by atoms with Crippen LogP contribution in [0.5, 0.6) is 11.5 Å². The predicted octanol–water partition coefficient (Wildman–Crippen LogP) is 1.51. The number of nitrogens with zero attached hydrogens (tertiary/aromatic N) is 3. The molecule has 2 heterocycles. The van der Waals surface area contributed by atoms with Crippen LogP contribution >= 0.6 is 0 Å². The maximum atomic E-state index is 13.0. The molecule has 0 radical (unpaired) electrons. The fraction of sp³-hybridized carbons (Fsp3) is 0.438. The van der Waals surface area contributed by atoms with Crippen molar-refractivity contribution in [2.75, 3.05) is 45.3 Å². The fourth-order valence-corrected chi connectivity index (χ4v) is 4.38. The Morgan fingerprint density at radius 2 is 1.80 bits per heavy atom. The zero-order valence-electron chi connectivity index (χ0n) is 14.4. The molecule has 25 heavy (non-hydrogen) atoms. The van der Waals surface area contributed by atoms with Gasteiger partial charge in [-0.15, -0.1) is 0 Å². The summed E-state index contributed by atoms with van der Waals surface area (Å²) in [7, 11) is -0.733. The van der Waals surface area contributed by atoms with Crippen molar-refractivity contribution in [2.45, 2.75) is 11.8 Å². The number of anilines is 1. The van der Waals surface area contributed by atoms with Gasteiger partial charge in [0, 0.05) is 38.3 Å². The summed E-state index contributed by atoms with van der Waals surface area (Å²) >= 11 is 0. The van der Waals surface area contributed by atoms with Crippen molar-refractivity contribution in [1.82, 2.24) is 9.46 Å². The first-order valence-electron chi connectivity index (χ1n) is 7.86. The molecule has 1 aromatic heterocycles. The van der Waals surface area contributed by atoms with Crippen molar-refractivity contribution in [1.29, 1.82) is 0 Å². The van der Waals surface area contributed by atoms with Gasteiger partial charge in [0.25, 0.3) is 0 Å². The first-order chi connectivity index (χ1) is 12.0. The van der Waals surface area contributed by atoms with Crippen molar-refractivity contribution in [3.05, 3.63) is 30.0 Å². The molecule has 0 unspecified atom stereocenters. The number of ether oxygens (including phenoxy) is 2. The second kappa shape index (κ2) is 6.93. The third kappa shape index (κ3) is 3.42. The third-order valence-electron chi connectivity index (χ3n) is 4.17. The van der Waals surface area contributed by atoms with Crippen LogP contribution < -0.4 is 14.4 Å². The van der Waals surface area contributed by atoms with E-state index in [-0.39, 0.29) is 4.90 Å². The normalized spacial score (nSPS) is 16.0. The molecule has 2 aromatic rings. The third-order valence-corrected chi connectivity index (χ3v) is 6.09. The Bertz CT molecular complexity index is 841. The summed E-state index contributed by atoms with van der Waals surface area (Å²) in [5.74, 6) is 2.23. The topological polar surface area (TPSA) is 85.1 Å². The molecular weight excluding hydrogens is 346 g/mol. The van der Waals surface area contributed by atoms with Gasteiger partial charge >= 0.3 is 0 Å². The van der Waals surface area contributed by atoms with Crippen LogP contribution in [0.1, 0.15) is 5.76 Å². The summed E-state index contributed by atoms with van der Waals surface area (Å²) in [6, 6.07) is 6.60. The first kappa shape index (κ1) is 17.6. The molecule has 1 saturated heterocycles. The van der Waals surface area contributed by atoms with E-state index >= 15 is 0 Å². The predicted molar refractivity (Wildman–Crippen MR) is 91.8 cm³/mol. The average molecular weight is 367 g/mol. The number of aromatic nitrogens is 1. The van der Waals surface area contributed by atoms with E-state index in [0.29, 0.717) is 37.7 Å². The van der Waals surface area contributed by atoms with Gasteiger partial charge in [0.2, 0.25) is 10.0 Å². The minimum absolute atomic E-state index is 0.111. The van der Waals surface area contributed by atoms with Crippen molar-refractivity contribution in [2.24, 2.45) is 0 Å². The lowest BCUT2D eigenvalue weighted by molar-refractivity contribution is 0.364. The lowest BCUT2D eigenvalue weighted by atomic mass is 10.3. The maximum absolute atomic E-state index is 13.0. The number of sulfonamides is 1. The molecule has 0 aliphatic carbocycles. The summed E-state index contributed by atoms with van der Waals surface area (Å²) in [5.41, 5.74) is 0. The quantitative estimate of drug-likeness (QED) is 0.792. The lowest BCUT2D eigenvalue weighted by Gasteiger charge is -2.34. The number of aryl methyl sites for hydroxylation is 1. The van der Waals surface area contributed by atoms with E-state index < -0.39 is 10.0 Å². The minimum Gasteiger partial charge on any atom is -0.497 e. The van der Waals surface area contributed by atoms with Crippen molar-refractivity contribution < 1.29 is 22.4 Å². The number of methoxy groups -OCH3 is 2. The van der Waals surface area contributed by atoms with Crippen molar-refractivity contribution in [3.8, 4) is 11.5 Å². The molecule has 1 aliphatic heterocycles. The van der Waals surface area contributed by atoms with Gasteiger partial charge < -0.3 is 18.9 Å².